The molecule has 8 aromatic carbocycles. The lowest BCUT2D eigenvalue weighted by atomic mass is 10.1. The van der Waals surface area contributed by atoms with E-state index < -0.39 is 12.7 Å². The number of hydrogen-bond acceptors (Lipinski definition) is 26. The molecular weight excluding hydrogens is 1750 g/mol. The average molecular weight is 1860 g/mol. The molecule has 1 aliphatic carbocycles. The fraction of sp³-hybridized carbons (Fsp3) is 0.316. The molecule has 0 radical (unpaired) electrons. The first-order valence-corrected chi connectivity index (χ1v) is 43.8. The van der Waals surface area contributed by atoms with Gasteiger partial charge in [0.1, 0.15) is 64.7 Å². The molecule has 8 heterocycles. The van der Waals surface area contributed by atoms with Crippen LogP contribution < -0.4 is 70.1 Å². The molecule has 0 unspecified atom stereocenters. The Morgan fingerprint density at radius 1 is 0.406 bits per heavy atom. The van der Waals surface area contributed by atoms with E-state index in [0.717, 1.165) is 96.4 Å². The molecule has 0 amide bonds. The maximum atomic E-state index is 12.1. The molecule has 0 spiro atoms. The van der Waals surface area contributed by atoms with Gasteiger partial charge in [-0.2, -0.15) is 17.5 Å². The van der Waals surface area contributed by atoms with Gasteiger partial charge in [0.25, 0.3) is 44.5 Å². The van der Waals surface area contributed by atoms with Gasteiger partial charge in [-0.15, -0.1) is 11.8 Å². The van der Waals surface area contributed by atoms with Gasteiger partial charge in [-0.3, -0.25) is 80.3 Å². The van der Waals surface area contributed by atoms with Crippen molar-refractivity contribution in [3.8, 4) is 5.75 Å². The number of nitrogens with zero attached hydrogens (tertiary/aromatic N) is 18. The van der Waals surface area contributed by atoms with Crippen molar-refractivity contribution in [2.75, 3.05) is 82.6 Å². The minimum atomic E-state index is -4.29. The van der Waals surface area contributed by atoms with Crippen LogP contribution in [0.1, 0.15) is 71.9 Å². The summed E-state index contributed by atoms with van der Waals surface area (Å²) in [5.41, 5.74) is 9.28. The van der Waals surface area contributed by atoms with Crippen molar-refractivity contribution < 1.29 is 27.1 Å². The summed E-state index contributed by atoms with van der Waals surface area (Å²) in [6.45, 7) is 16.2. The third-order valence-corrected chi connectivity index (χ3v) is 23.4. The van der Waals surface area contributed by atoms with Crippen LogP contribution in [0.3, 0.4) is 0 Å². The van der Waals surface area contributed by atoms with Crippen molar-refractivity contribution >= 4 is 140 Å². The number of methoxy groups -OCH3 is 1. The van der Waals surface area contributed by atoms with Gasteiger partial charge < -0.3 is 30.5 Å². The fourth-order valence-corrected chi connectivity index (χ4v) is 14.1. The van der Waals surface area contributed by atoms with Crippen LogP contribution in [0.15, 0.2) is 194 Å². The van der Waals surface area contributed by atoms with Crippen molar-refractivity contribution in [2.45, 2.75) is 97.2 Å². The Morgan fingerprint density at radius 3 is 1.09 bits per heavy atom. The molecule has 0 bridgehead atoms. The topological polar surface area (TPSA) is 373 Å². The number of aryl methyl sites for hydroxylation is 8. The molecule has 0 saturated heterocycles. The van der Waals surface area contributed by atoms with E-state index in [1.54, 1.807) is 168 Å². The van der Waals surface area contributed by atoms with E-state index in [1.807, 2.05) is 160 Å². The van der Waals surface area contributed by atoms with Crippen molar-refractivity contribution in [2.24, 2.45) is 56.4 Å². The number of benzene rings is 8. The lowest BCUT2D eigenvalue weighted by Crippen LogP contribution is -2.23. The molecule has 1 saturated carbocycles. The van der Waals surface area contributed by atoms with E-state index in [-0.39, 0.29) is 50.2 Å². The Labute approximate surface area is 771 Å². The molecule has 4 N–H and O–H groups in total. The second kappa shape index (κ2) is 43.7. The summed E-state index contributed by atoms with van der Waals surface area (Å²) in [4.78, 5) is 141. The molecule has 17 rings (SSSR count). The monoisotopic (exact) mass is 1850 g/mol. The number of hydrogen-bond donors (Lipinski definition) is 4. The van der Waals surface area contributed by atoms with Crippen LogP contribution >= 0.6 is 23.8 Å². The van der Waals surface area contributed by atoms with Crippen LogP contribution in [-0.2, 0) is 65.6 Å². The van der Waals surface area contributed by atoms with Crippen molar-refractivity contribution in [1.82, 2.24) is 81.3 Å². The number of thioether (sulfide) groups is 1. The average Bonchev–Trinajstić information content (AvgIpc) is 1.45. The van der Waals surface area contributed by atoms with Gasteiger partial charge >= 0.3 is 6.18 Å². The second-order valence-corrected chi connectivity index (χ2v) is 33.3. The summed E-state index contributed by atoms with van der Waals surface area (Å²) in [6.07, 6.45) is 0.181. The van der Waals surface area contributed by atoms with Crippen LogP contribution in [0.5, 0.6) is 5.75 Å². The zero-order valence-corrected chi connectivity index (χ0v) is 80.4. The van der Waals surface area contributed by atoms with E-state index in [9.17, 15) is 51.5 Å². The number of halogens is 3. The third kappa shape index (κ3) is 24.5. The highest BCUT2D eigenvalue weighted by Gasteiger charge is 2.27. The predicted molar refractivity (Wildman–Crippen MR) is 526 cm³/mol. The second-order valence-electron chi connectivity index (χ2n) is 31.6. The molecule has 8 aromatic heterocycles. The van der Waals surface area contributed by atoms with E-state index in [2.05, 4.69) is 60.7 Å². The number of ether oxygens (including phenoxy) is 1. The smallest absolute Gasteiger partial charge is 0.405 e. The highest BCUT2D eigenvalue weighted by Crippen LogP contribution is 2.28. The Bertz CT molecular complexity index is 7530. The lowest BCUT2D eigenvalue weighted by Gasteiger charge is -2.14. The quantitative estimate of drug-likeness (QED) is 0.0208. The summed E-state index contributed by atoms with van der Waals surface area (Å²) >= 11 is 2.68. The maximum Gasteiger partial charge on any atom is 0.405 e. The highest BCUT2D eigenvalue weighted by molar-refractivity contribution is 7.98. The van der Waals surface area contributed by atoms with E-state index in [4.69, 9.17) is 14.5 Å². The normalized spacial score (nSPS) is 11.5. The number of nitrogens with one attached hydrogen (secondary N) is 4. The third-order valence-electron chi connectivity index (χ3n) is 22.0. The molecular formula is C95H109F3N22O11S2. The summed E-state index contributed by atoms with van der Waals surface area (Å²) in [5.74, 6) is 6.58. The first kappa shape index (κ1) is 101. The molecule has 1 fully saturated rings. The van der Waals surface area contributed by atoms with Crippen molar-refractivity contribution in [3.63, 3.8) is 0 Å². The largest absolute Gasteiger partial charge is 0.497 e. The number of alkyl halides is 3. The highest BCUT2D eigenvalue weighted by atomic mass is 32.2. The van der Waals surface area contributed by atoms with Crippen LogP contribution in [0, 0.1) is 60.8 Å². The van der Waals surface area contributed by atoms with E-state index >= 15 is 0 Å². The number of amidine groups is 1. The number of anilines is 4. The van der Waals surface area contributed by atoms with Gasteiger partial charge in [-0.25, -0.2) is 44.8 Å². The Kier molecular flexibility index (Phi) is 33.1. The number of fused-ring (bicyclic) bond motifs is 8. The SMILES string of the molecule is CCNc1ccc2c(=O)n(C)c(C)nc2c1.COOSc1ccc2nc(C)n(C)c(=O)c2c1.COc1ccc2nc(C)n(C)c(=O)c2c1.CSc1ccc2nc(C)n(C)c(=O)c2c1.Cc1nc2cc(C(=N)N(C)C)ccc2c(=O)n1C.Cc1nc2cc(N(C)C)ccc2c(=O)n1C.Cc1nc2cc(NC3CC3)ccc2c(=O)n1C.Cc1nc2cc(NCC(F)(F)F)ccc2c(=O)n1C. The summed E-state index contributed by atoms with van der Waals surface area (Å²) in [6, 6.07) is 43.8. The Hall–Kier alpha value is -14.2. The molecule has 33 nitrogen and oxygen atoms in total. The van der Waals surface area contributed by atoms with Gasteiger partial charge in [0.15, 0.2) is 0 Å². The Balaban J connectivity index is 0.000000158. The molecule has 0 atom stereocenters. The first-order chi connectivity index (χ1) is 62.9. The maximum absolute atomic E-state index is 12.1. The Morgan fingerprint density at radius 2 is 0.729 bits per heavy atom. The summed E-state index contributed by atoms with van der Waals surface area (Å²) in [7, 11) is 24.3. The van der Waals surface area contributed by atoms with Crippen molar-refractivity contribution in [1.29, 1.82) is 5.41 Å². The lowest BCUT2D eigenvalue weighted by molar-refractivity contribution is -0.160. The van der Waals surface area contributed by atoms with Crippen LogP contribution in [0.25, 0.3) is 87.2 Å². The molecule has 16 aromatic rings. The van der Waals surface area contributed by atoms with Crippen molar-refractivity contribution in [3.05, 3.63) is 281 Å². The van der Waals surface area contributed by atoms with Gasteiger partial charge in [-0.05, 0) is 221 Å². The minimum absolute atomic E-state index is 0.00514. The van der Waals surface area contributed by atoms with E-state index in [0.29, 0.717) is 106 Å². The number of aromatic nitrogens is 16. The molecule has 1 aliphatic rings. The summed E-state index contributed by atoms with van der Waals surface area (Å²) < 4.78 is 58.4. The van der Waals surface area contributed by atoms with Gasteiger partial charge in [0.05, 0.1) is 113 Å². The first-order valence-electron chi connectivity index (χ1n) is 41.9. The van der Waals surface area contributed by atoms with E-state index in [1.165, 1.54) is 56.4 Å². The molecule has 698 valence electrons. The molecule has 133 heavy (non-hydrogen) atoms. The molecule has 38 heteroatoms. The standard InChI is InChI=1S/C13H16N4O.C13H15N3O.C12H12F3N3O.2C12H15N3O.C11H12N2O3S.C11H12N2O2.C11H12N2OS/c1-8-15-11-7-9(12(14)16(2)3)5-6-10(11)13(18)17(8)4;1-8-14-12-7-10(15-9-3-4-9)5-6-11(12)13(17)16(8)2;1-7-17-10-5-8(16-6-12(13,14)15)3-4-9(10)11(19)18(7)2;1-8-13-11-7-9(14(2)3)5-6-10(11)12(16)15(8)4;1-4-13-9-5-6-10-11(7-9)14-8(2)15(3)12(10)16;1-7-12-10-5-4-8(17-16-15-3)6-9(10)11(14)13(7)2;2*1-7-12-10-5-4-8(15-3)6-9(10)11(14)13(7)2/h5-7,14H,1-4H3;5-7,9,15H,3-4H2,1-2H3;3-5,16H,6H2,1-2H3;5-7H,1-4H3;5-7,13H,4H2,1-3H3;4-6H,1-3H3;2*4-6H,1-3H3. The zero-order chi connectivity index (χ0) is 97.6. The minimum Gasteiger partial charge on any atom is -0.497 e. The van der Waals surface area contributed by atoms with Gasteiger partial charge in [0, 0.05) is 135 Å². The van der Waals surface area contributed by atoms with Crippen LogP contribution in [0.2, 0.25) is 0 Å². The zero-order valence-electron chi connectivity index (χ0n) is 78.8. The molecule has 0 aliphatic heterocycles. The predicted octanol–water partition coefficient (Wildman–Crippen LogP) is 13.2. The summed E-state index contributed by atoms with van der Waals surface area (Å²) in [5, 5.41) is 21.6. The number of rotatable bonds is 13. The van der Waals surface area contributed by atoms with Crippen LogP contribution in [-0.4, -0.2) is 161 Å². The van der Waals surface area contributed by atoms with Gasteiger partial charge in [-0.1, -0.05) is 6.07 Å². The van der Waals surface area contributed by atoms with Gasteiger partial charge in [0.2, 0.25) is 0 Å². The fourth-order valence-electron chi connectivity index (χ4n) is 13.2. The van der Waals surface area contributed by atoms with Crippen LogP contribution in [0.4, 0.5) is 35.9 Å².